The first-order chi connectivity index (χ1) is 37.7. The van der Waals surface area contributed by atoms with Crippen LogP contribution >= 0.6 is 0 Å². The summed E-state index contributed by atoms with van der Waals surface area (Å²) in [4.78, 5) is 26.5. The molecule has 77 heavy (non-hydrogen) atoms. The molecule has 8 atom stereocenters. The number of esters is 1. The highest BCUT2D eigenvalue weighted by atomic mass is 16.7. The van der Waals surface area contributed by atoms with Gasteiger partial charge in [0, 0.05) is 6.42 Å². The van der Waals surface area contributed by atoms with Crippen LogP contribution in [0.2, 0.25) is 0 Å². The summed E-state index contributed by atoms with van der Waals surface area (Å²) in [7, 11) is 0. The highest BCUT2D eigenvalue weighted by Gasteiger charge is 2.47. The molecule has 1 heterocycles. The van der Waals surface area contributed by atoms with Gasteiger partial charge in [-0.05, 0) is 70.6 Å². The Balaban J connectivity index is 2.53. The van der Waals surface area contributed by atoms with Gasteiger partial charge in [0.1, 0.15) is 24.4 Å². The molecule has 0 radical (unpaired) electrons. The van der Waals surface area contributed by atoms with Crippen molar-refractivity contribution in [2.45, 2.75) is 333 Å². The largest absolute Gasteiger partial charge is 0.454 e. The van der Waals surface area contributed by atoms with Crippen LogP contribution in [0, 0.1) is 0 Å². The molecule has 0 aliphatic carbocycles. The normalized spacial score (nSPS) is 19.4. The maximum atomic E-state index is 13.3. The zero-order chi connectivity index (χ0) is 56.1. The predicted octanol–water partition coefficient (Wildman–Crippen LogP) is 15.4. The molecular formula is C66H119NO10. The predicted molar refractivity (Wildman–Crippen MR) is 320 cm³/mol. The fourth-order valence-corrected chi connectivity index (χ4v) is 9.81. The number of hydrogen-bond donors (Lipinski definition) is 6. The van der Waals surface area contributed by atoms with Gasteiger partial charge < -0.3 is 45.1 Å². The van der Waals surface area contributed by atoms with Gasteiger partial charge in [0.15, 0.2) is 12.4 Å². The average molecular weight is 1090 g/mol. The van der Waals surface area contributed by atoms with E-state index in [4.69, 9.17) is 14.2 Å². The van der Waals surface area contributed by atoms with Gasteiger partial charge in [-0.3, -0.25) is 9.59 Å². The Labute approximate surface area is 471 Å². The molecule has 1 rings (SSSR count). The molecular weight excluding hydrogens is 967 g/mol. The first-order valence-corrected chi connectivity index (χ1v) is 32.1. The minimum Gasteiger partial charge on any atom is -0.454 e. The van der Waals surface area contributed by atoms with Crippen LogP contribution in [0.1, 0.15) is 284 Å². The summed E-state index contributed by atoms with van der Waals surface area (Å²) < 4.78 is 17.6. The van der Waals surface area contributed by atoms with Crippen molar-refractivity contribution in [2.75, 3.05) is 13.2 Å². The van der Waals surface area contributed by atoms with Crippen LogP contribution in [0.4, 0.5) is 0 Å². The SMILES string of the molecule is CCCCC/C=C\C/C=C\C/C=C\C/C=C\CCCCCCCCCCCCCC(=O)OC1C(OCC(NC(=O)C(O)CCCCCCCCCCCC)C(O)/C=C/CCCCCCCCCCC)OC(CO)C(O)C1O. The number of aliphatic hydroxyl groups is 5. The maximum absolute atomic E-state index is 13.3. The number of amides is 1. The molecule has 1 amide bonds. The first-order valence-electron chi connectivity index (χ1n) is 32.1. The second-order valence-electron chi connectivity index (χ2n) is 22.1. The van der Waals surface area contributed by atoms with Crippen molar-refractivity contribution in [3.8, 4) is 0 Å². The Morgan fingerprint density at radius 2 is 0.896 bits per heavy atom. The molecule has 11 nitrogen and oxygen atoms in total. The molecule has 11 heteroatoms. The number of carbonyl (C=O) groups excluding carboxylic acids is 2. The summed E-state index contributed by atoms with van der Waals surface area (Å²) in [5, 5.41) is 56.8. The highest BCUT2D eigenvalue weighted by molar-refractivity contribution is 5.80. The van der Waals surface area contributed by atoms with Gasteiger partial charge in [0.2, 0.25) is 5.91 Å². The number of nitrogens with one attached hydrogen (secondary N) is 1. The fourth-order valence-electron chi connectivity index (χ4n) is 9.81. The molecule has 0 aromatic carbocycles. The maximum Gasteiger partial charge on any atom is 0.306 e. The van der Waals surface area contributed by atoms with E-state index in [-0.39, 0.29) is 13.0 Å². The van der Waals surface area contributed by atoms with E-state index >= 15 is 0 Å². The molecule has 0 bridgehead atoms. The zero-order valence-electron chi connectivity index (χ0n) is 49.6. The van der Waals surface area contributed by atoms with E-state index in [1.807, 2.05) is 6.08 Å². The highest BCUT2D eigenvalue weighted by Crippen LogP contribution is 2.26. The molecule has 6 N–H and O–H groups in total. The zero-order valence-corrected chi connectivity index (χ0v) is 49.6. The van der Waals surface area contributed by atoms with Crippen LogP contribution in [-0.4, -0.2) is 99.6 Å². The Kier molecular flexibility index (Phi) is 50.7. The van der Waals surface area contributed by atoms with Gasteiger partial charge in [-0.1, -0.05) is 268 Å². The molecule has 448 valence electrons. The van der Waals surface area contributed by atoms with Crippen molar-refractivity contribution >= 4 is 11.9 Å². The number of hydrogen-bond acceptors (Lipinski definition) is 10. The monoisotopic (exact) mass is 1090 g/mol. The Morgan fingerprint density at radius 1 is 0.506 bits per heavy atom. The van der Waals surface area contributed by atoms with Gasteiger partial charge in [-0.25, -0.2) is 0 Å². The number of ether oxygens (including phenoxy) is 3. The topological polar surface area (TPSA) is 175 Å². The van der Waals surface area contributed by atoms with Gasteiger partial charge in [-0.15, -0.1) is 0 Å². The van der Waals surface area contributed by atoms with Crippen LogP contribution in [0.5, 0.6) is 0 Å². The minimum atomic E-state index is -1.61. The summed E-state index contributed by atoms with van der Waals surface area (Å²) in [5.74, 6) is -1.19. The quantitative estimate of drug-likeness (QED) is 0.0195. The molecule has 1 fully saturated rings. The lowest BCUT2D eigenvalue weighted by molar-refractivity contribution is -0.305. The Morgan fingerprint density at radius 3 is 1.36 bits per heavy atom. The van der Waals surface area contributed by atoms with Crippen molar-refractivity contribution in [2.24, 2.45) is 0 Å². The summed E-state index contributed by atoms with van der Waals surface area (Å²) in [6.07, 6.45) is 57.0. The smallest absolute Gasteiger partial charge is 0.306 e. The van der Waals surface area contributed by atoms with Crippen molar-refractivity contribution in [3.63, 3.8) is 0 Å². The molecule has 0 saturated carbocycles. The molecule has 8 unspecified atom stereocenters. The van der Waals surface area contributed by atoms with Crippen LogP contribution in [-0.2, 0) is 23.8 Å². The van der Waals surface area contributed by atoms with Crippen LogP contribution in [0.25, 0.3) is 0 Å². The number of carbonyl (C=O) groups is 2. The number of aliphatic hydroxyl groups excluding tert-OH is 5. The third-order valence-electron chi connectivity index (χ3n) is 14.9. The van der Waals surface area contributed by atoms with Crippen LogP contribution < -0.4 is 5.32 Å². The van der Waals surface area contributed by atoms with Gasteiger partial charge in [0.05, 0.1) is 25.4 Å². The van der Waals surface area contributed by atoms with Gasteiger partial charge >= 0.3 is 5.97 Å². The summed E-state index contributed by atoms with van der Waals surface area (Å²) in [5.41, 5.74) is 0. The van der Waals surface area contributed by atoms with Crippen molar-refractivity contribution in [1.29, 1.82) is 0 Å². The fraction of sp³-hybridized carbons (Fsp3) is 0.818. The Bertz CT molecular complexity index is 1480. The molecule has 0 aromatic rings. The molecule has 1 saturated heterocycles. The second kappa shape index (κ2) is 54.0. The van der Waals surface area contributed by atoms with E-state index < -0.39 is 67.4 Å². The lowest BCUT2D eigenvalue weighted by atomic mass is 9.99. The van der Waals surface area contributed by atoms with Crippen molar-refractivity contribution in [1.82, 2.24) is 5.32 Å². The number of unbranched alkanes of at least 4 members (excludes halogenated alkanes) is 32. The molecule has 1 aliphatic heterocycles. The van der Waals surface area contributed by atoms with E-state index in [1.54, 1.807) is 6.08 Å². The number of rotatable bonds is 54. The second-order valence-corrected chi connectivity index (χ2v) is 22.1. The van der Waals surface area contributed by atoms with E-state index in [9.17, 15) is 35.1 Å². The summed E-state index contributed by atoms with van der Waals surface area (Å²) in [6.45, 7) is 5.74. The third-order valence-corrected chi connectivity index (χ3v) is 14.9. The van der Waals surface area contributed by atoms with Crippen molar-refractivity contribution in [3.05, 3.63) is 60.8 Å². The average Bonchev–Trinajstić information content (AvgIpc) is 3.43. The molecule has 0 spiro atoms. The van der Waals surface area contributed by atoms with Crippen LogP contribution in [0.3, 0.4) is 0 Å². The molecule has 1 aliphatic rings. The van der Waals surface area contributed by atoms with Gasteiger partial charge in [0.25, 0.3) is 0 Å². The van der Waals surface area contributed by atoms with E-state index in [1.165, 1.54) is 154 Å². The van der Waals surface area contributed by atoms with E-state index in [0.717, 1.165) is 83.5 Å². The lowest BCUT2D eigenvalue weighted by Crippen LogP contribution is -2.61. The number of allylic oxidation sites excluding steroid dienone is 9. The third kappa shape index (κ3) is 42.0. The first kappa shape index (κ1) is 72.4. The summed E-state index contributed by atoms with van der Waals surface area (Å²) in [6, 6.07) is -1.02. The minimum absolute atomic E-state index is 0.120. The van der Waals surface area contributed by atoms with E-state index in [2.05, 4.69) is 74.7 Å². The van der Waals surface area contributed by atoms with Crippen LogP contribution in [0.15, 0.2) is 60.8 Å². The van der Waals surface area contributed by atoms with Crippen molar-refractivity contribution < 1.29 is 49.3 Å². The standard InChI is InChI=1S/C66H119NO10/c1-4-7-10-13-16-19-22-23-24-25-26-27-28-29-30-31-32-33-34-35-36-37-39-42-45-48-51-54-61(71)77-64-63(73)62(72)60(55-68)76-66(64)75-56-57(58(69)52-49-46-43-41-38-20-17-14-11-8-5-2)67-65(74)59(70)53-50-47-44-40-21-18-15-12-9-6-3/h16,19,23-24,26-27,29-30,49,52,57-60,62-64,66,68-70,72-73H,4-15,17-18,20-22,25,28,31-48,50-51,53-56H2,1-3H3,(H,67,74)/b19-16-,24-23-,27-26-,30-29-,52-49+. The van der Waals surface area contributed by atoms with E-state index in [0.29, 0.717) is 19.3 Å². The van der Waals surface area contributed by atoms with Gasteiger partial charge in [-0.2, -0.15) is 0 Å². The Hall–Kier alpha value is -2.64. The summed E-state index contributed by atoms with van der Waals surface area (Å²) >= 11 is 0. The lowest BCUT2D eigenvalue weighted by Gasteiger charge is -2.41. The molecule has 0 aromatic heterocycles.